The number of rotatable bonds is 4. The zero-order valence-electron chi connectivity index (χ0n) is 13.0. The molecule has 2 amide bonds. The summed E-state index contributed by atoms with van der Waals surface area (Å²) in [6.45, 7) is 4.83. The summed E-state index contributed by atoms with van der Waals surface area (Å²) in [7, 11) is 0. The fourth-order valence-corrected chi connectivity index (χ4v) is 2.99. The lowest BCUT2D eigenvalue weighted by molar-refractivity contribution is 0.101. The van der Waals surface area contributed by atoms with Crippen molar-refractivity contribution in [2.45, 2.75) is 52.1 Å². The number of carbonyl (C=O) groups is 1. The van der Waals surface area contributed by atoms with Crippen molar-refractivity contribution in [2.75, 3.05) is 11.9 Å². The molecule has 0 saturated heterocycles. The summed E-state index contributed by atoms with van der Waals surface area (Å²) in [6.07, 6.45) is 4.59. The van der Waals surface area contributed by atoms with Gasteiger partial charge in [0.15, 0.2) is 0 Å². The lowest BCUT2D eigenvalue weighted by Crippen LogP contribution is -2.35. The Morgan fingerprint density at radius 1 is 1.38 bits per heavy atom. The number of anilines is 1. The van der Waals surface area contributed by atoms with Crippen LogP contribution >= 0.6 is 0 Å². The molecule has 1 aliphatic carbocycles. The first-order valence-corrected chi connectivity index (χ1v) is 7.91. The number of aliphatic hydroxyl groups is 1. The highest BCUT2D eigenvalue weighted by atomic mass is 16.3. The largest absolute Gasteiger partial charge is 0.393 e. The smallest absolute Gasteiger partial charge is 0.319 e. The second kappa shape index (κ2) is 7.46. The maximum atomic E-state index is 11.9. The van der Waals surface area contributed by atoms with E-state index in [0.717, 1.165) is 37.8 Å². The highest BCUT2D eigenvalue weighted by Gasteiger charge is 2.20. The number of aryl methyl sites for hydroxylation is 2. The van der Waals surface area contributed by atoms with Gasteiger partial charge in [0.1, 0.15) is 0 Å². The molecule has 0 radical (unpaired) electrons. The monoisotopic (exact) mass is 290 g/mol. The van der Waals surface area contributed by atoms with Gasteiger partial charge < -0.3 is 15.7 Å². The fourth-order valence-electron chi connectivity index (χ4n) is 2.99. The van der Waals surface area contributed by atoms with Crippen molar-refractivity contribution in [3.8, 4) is 0 Å². The number of urea groups is 1. The Labute approximate surface area is 126 Å². The highest BCUT2D eigenvalue weighted by Crippen LogP contribution is 2.23. The Morgan fingerprint density at radius 2 is 2.19 bits per heavy atom. The molecule has 3 N–H and O–H groups in total. The number of benzene rings is 1. The Hall–Kier alpha value is -1.55. The van der Waals surface area contributed by atoms with Gasteiger partial charge in [-0.2, -0.15) is 0 Å². The number of hydrogen-bond donors (Lipinski definition) is 3. The molecule has 2 unspecified atom stereocenters. The van der Waals surface area contributed by atoms with Gasteiger partial charge in [0, 0.05) is 12.2 Å². The third kappa shape index (κ3) is 4.74. The molecule has 116 valence electrons. The fraction of sp³-hybridized carbons (Fsp3) is 0.588. The van der Waals surface area contributed by atoms with E-state index in [-0.39, 0.29) is 12.1 Å². The minimum Gasteiger partial charge on any atom is -0.393 e. The predicted octanol–water partition coefficient (Wildman–Crippen LogP) is 3.23. The van der Waals surface area contributed by atoms with Gasteiger partial charge in [-0.05, 0) is 61.8 Å². The van der Waals surface area contributed by atoms with E-state index in [0.29, 0.717) is 12.5 Å². The second-order valence-electron chi connectivity index (χ2n) is 6.02. The Kier molecular flexibility index (Phi) is 5.62. The van der Waals surface area contributed by atoms with Crippen molar-refractivity contribution in [3.05, 3.63) is 29.3 Å². The van der Waals surface area contributed by atoms with Crippen LogP contribution in [0.3, 0.4) is 0 Å². The first-order chi connectivity index (χ1) is 10.1. The second-order valence-corrected chi connectivity index (χ2v) is 6.02. The van der Waals surface area contributed by atoms with Crippen molar-refractivity contribution >= 4 is 11.7 Å². The molecule has 2 rings (SSSR count). The van der Waals surface area contributed by atoms with E-state index in [1.807, 2.05) is 18.2 Å². The molecule has 1 aliphatic rings. The molecule has 0 aliphatic heterocycles. The van der Waals surface area contributed by atoms with Gasteiger partial charge in [0.05, 0.1) is 6.10 Å². The SMILES string of the molecule is CCc1cc(NC(=O)NCC2CCCC(O)C2)ccc1C. The minimum atomic E-state index is -0.196. The average Bonchev–Trinajstić information content (AvgIpc) is 2.47. The number of hydrogen-bond acceptors (Lipinski definition) is 2. The molecule has 21 heavy (non-hydrogen) atoms. The van der Waals surface area contributed by atoms with Gasteiger partial charge in [-0.15, -0.1) is 0 Å². The number of carbonyl (C=O) groups excluding carboxylic acids is 1. The van der Waals surface area contributed by atoms with E-state index in [9.17, 15) is 9.90 Å². The molecule has 2 atom stereocenters. The molecule has 1 aromatic carbocycles. The van der Waals surface area contributed by atoms with Gasteiger partial charge >= 0.3 is 6.03 Å². The number of amides is 2. The van der Waals surface area contributed by atoms with Crippen LogP contribution in [0.5, 0.6) is 0 Å². The molecule has 0 spiro atoms. The van der Waals surface area contributed by atoms with E-state index in [1.165, 1.54) is 11.1 Å². The van der Waals surface area contributed by atoms with Crippen LogP contribution in [0.2, 0.25) is 0 Å². The Morgan fingerprint density at radius 3 is 2.90 bits per heavy atom. The maximum absolute atomic E-state index is 11.9. The molecule has 0 bridgehead atoms. The summed E-state index contributed by atoms with van der Waals surface area (Å²) in [5, 5.41) is 15.4. The number of nitrogens with one attached hydrogen (secondary N) is 2. The quantitative estimate of drug-likeness (QED) is 0.797. The maximum Gasteiger partial charge on any atom is 0.319 e. The minimum absolute atomic E-state index is 0.166. The topological polar surface area (TPSA) is 61.4 Å². The summed E-state index contributed by atoms with van der Waals surface area (Å²) in [5.41, 5.74) is 3.33. The van der Waals surface area contributed by atoms with Gasteiger partial charge in [-0.25, -0.2) is 4.79 Å². The summed E-state index contributed by atoms with van der Waals surface area (Å²) in [5.74, 6) is 0.392. The van der Waals surface area contributed by atoms with Crippen LogP contribution in [0.15, 0.2) is 18.2 Å². The van der Waals surface area contributed by atoms with Crippen LogP contribution in [-0.4, -0.2) is 23.8 Å². The van der Waals surface area contributed by atoms with Gasteiger partial charge in [0.2, 0.25) is 0 Å². The summed E-state index contributed by atoms with van der Waals surface area (Å²) >= 11 is 0. The first kappa shape index (κ1) is 15.8. The third-order valence-corrected chi connectivity index (χ3v) is 4.29. The molecule has 1 aromatic rings. The van der Waals surface area contributed by atoms with Crippen LogP contribution in [0, 0.1) is 12.8 Å². The van der Waals surface area contributed by atoms with Crippen molar-refractivity contribution in [2.24, 2.45) is 5.92 Å². The molecule has 0 aromatic heterocycles. The van der Waals surface area contributed by atoms with Gasteiger partial charge in [0.25, 0.3) is 0 Å². The van der Waals surface area contributed by atoms with Crippen LogP contribution in [0.1, 0.15) is 43.7 Å². The summed E-state index contributed by atoms with van der Waals surface area (Å²) < 4.78 is 0. The molecule has 1 saturated carbocycles. The van der Waals surface area contributed by atoms with Crippen LogP contribution < -0.4 is 10.6 Å². The predicted molar refractivity (Wildman–Crippen MR) is 85.5 cm³/mol. The molecule has 1 fully saturated rings. The van der Waals surface area contributed by atoms with Crippen molar-refractivity contribution in [3.63, 3.8) is 0 Å². The zero-order chi connectivity index (χ0) is 15.2. The van der Waals surface area contributed by atoms with E-state index < -0.39 is 0 Å². The van der Waals surface area contributed by atoms with Crippen molar-refractivity contribution in [1.82, 2.24) is 5.32 Å². The van der Waals surface area contributed by atoms with Crippen LogP contribution in [-0.2, 0) is 6.42 Å². The van der Waals surface area contributed by atoms with Crippen LogP contribution in [0.4, 0.5) is 10.5 Å². The third-order valence-electron chi connectivity index (χ3n) is 4.29. The normalized spacial score (nSPS) is 21.9. The number of aliphatic hydroxyl groups excluding tert-OH is 1. The molecule has 4 heteroatoms. The van der Waals surface area contributed by atoms with Crippen molar-refractivity contribution in [1.29, 1.82) is 0 Å². The first-order valence-electron chi connectivity index (χ1n) is 7.91. The highest BCUT2D eigenvalue weighted by molar-refractivity contribution is 5.89. The molecule has 4 nitrogen and oxygen atoms in total. The Bertz CT molecular complexity index is 488. The van der Waals surface area contributed by atoms with Gasteiger partial charge in [-0.3, -0.25) is 0 Å². The van der Waals surface area contributed by atoms with Gasteiger partial charge in [-0.1, -0.05) is 19.4 Å². The van der Waals surface area contributed by atoms with E-state index in [1.54, 1.807) is 0 Å². The summed E-state index contributed by atoms with van der Waals surface area (Å²) in [6, 6.07) is 5.82. The van der Waals surface area contributed by atoms with E-state index in [4.69, 9.17) is 0 Å². The Balaban J connectivity index is 1.81. The van der Waals surface area contributed by atoms with E-state index >= 15 is 0 Å². The van der Waals surface area contributed by atoms with Crippen molar-refractivity contribution < 1.29 is 9.90 Å². The zero-order valence-corrected chi connectivity index (χ0v) is 13.0. The molecule has 0 heterocycles. The van der Waals surface area contributed by atoms with Crippen LogP contribution in [0.25, 0.3) is 0 Å². The summed E-state index contributed by atoms with van der Waals surface area (Å²) in [4.78, 5) is 11.9. The van der Waals surface area contributed by atoms with E-state index in [2.05, 4.69) is 24.5 Å². The lowest BCUT2D eigenvalue weighted by Gasteiger charge is -2.25. The molecular formula is C17H26N2O2. The lowest BCUT2D eigenvalue weighted by atomic mass is 9.87. The molecular weight excluding hydrogens is 264 g/mol. The standard InChI is InChI=1S/C17H26N2O2/c1-3-14-10-15(8-7-12(14)2)19-17(21)18-11-13-5-4-6-16(20)9-13/h7-8,10,13,16,20H,3-6,9,11H2,1-2H3,(H2,18,19,21). The average molecular weight is 290 g/mol.